The first-order valence-electron chi connectivity index (χ1n) is 5.11. The van der Waals surface area contributed by atoms with E-state index in [9.17, 15) is 4.39 Å². The fourth-order valence-corrected chi connectivity index (χ4v) is 1.90. The molecule has 3 heteroatoms. The van der Waals surface area contributed by atoms with E-state index >= 15 is 0 Å². The predicted molar refractivity (Wildman–Crippen MR) is 61.5 cm³/mol. The van der Waals surface area contributed by atoms with E-state index in [1.807, 2.05) is 6.08 Å². The van der Waals surface area contributed by atoms with Crippen LogP contribution in [0.4, 0.5) is 4.39 Å². The molecule has 0 atom stereocenters. The van der Waals surface area contributed by atoms with Crippen molar-refractivity contribution < 1.29 is 4.39 Å². The first-order valence-corrected chi connectivity index (χ1v) is 5.49. The summed E-state index contributed by atoms with van der Waals surface area (Å²) in [5.41, 5.74) is 1.88. The highest BCUT2D eigenvalue weighted by Gasteiger charge is 2.06. The predicted octanol–water partition coefficient (Wildman–Crippen LogP) is 3.25. The minimum absolute atomic E-state index is 0.249. The van der Waals surface area contributed by atoms with Gasteiger partial charge in [-0.05, 0) is 31.5 Å². The van der Waals surface area contributed by atoms with Crippen LogP contribution in [0.2, 0.25) is 5.02 Å². The van der Waals surface area contributed by atoms with Crippen LogP contribution in [0.25, 0.3) is 6.08 Å². The van der Waals surface area contributed by atoms with Gasteiger partial charge in [-0.1, -0.05) is 29.3 Å². The fourth-order valence-electron chi connectivity index (χ4n) is 1.74. The summed E-state index contributed by atoms with van der Waals surface area (Å²) >= 11 is 5.69. The van der Waals surface area contributed by atoms with Crippen LogP contribution in [0.3, 0.4) is 0 Å². The van der Waals surface area contributed by atoms with Crippen molar-refractivity contribution in [2.45, 2.75) is 12.8 Å². The molecule has 1 aliphatic rings. The van der Waals surface area contributed by atoms with Crippen molar-refractivity contribution in [1.29, 1.82) is 0 Å². The second kappa shape index (κ2) is 4.77. The van der Waals surface area contributed by atoms with Gasteiger partial charge in [-0.25, -0.2) is 4.39 Å². The van der Waals surface area contributed by atoms with E-state index in [1.54, 1.807) is 12.1 Å². The van der Waals surface area contributed by atoms with Gasteiger partial charge in [0.1, 0.15) is 5.82 Å². The summed E-state index contributed by atoms with van der Waals surface area (Å²) < 4.78 is 13.5. The van der Waals surface area contributed by atoms with Crippen LogP contribution in [0, 0.1) is 5.82 Å². The summed E-state index contributed by atoms with van der Waals surface area (Å²) in [5.74, 6) is -0.249. The third kappa shape index (κ3) is 2.80. The van der Waals surface area contributed by atoms with Gasteiger partial charge >= 0.3 is 0 Å². The molecule has 0 aromatic heterocycles. The van der Waals surface area contributed by atoms with Gasteiger partial charge in [-0.3, -0.25) is 0 Å². The molecule has 1 heterocycles. The standard InChI is InChI=1S/C12H13ClFN/c13-11-4-3-10(12(14)7-11)6-9-2-1-5-15-8-9/h3-4,6-7,15H,1-2,5,8H2/b9-6-. The molecule has 1 N–H and O–H groups in total. The smallest absolute Gasteiger partial charge is 0.131 e. The van der Waals surface area contributed by atoms with Crippen LogP contribution in [0.5, 0.6) is 0 Å². The van der Waals surface area contributed by atoms with Crippen LogP contribution in [-0.4, -0.2) is 13.1 Å². The Kier molecular flexibility index (Phi) is 3.39. The van der Waals surface area contributed by atoms with Gasteiger partial charge in [-0.15, -0.1) is 0 Å². The van der Waals surface area contributed by atoms with Gasteiger partial charge in [0.15, 0.2) is 0 Å². The summed E-state index contributed by atoms with van der Waals surface area (Å²) in [4.78, 5) is 0. The quantitative estimate of drug-likeness (QED) is 0.774. The maximum atomic E-state index is 13.5. The fraction of sp³-hybridized carbons (Fsp3) is 0.333. The number of hydrogen-bond acceptors (Lipinski definition) is 1. The Hall–Kier alpha value is -0.860. The number of nitrogens with one attached hydrogen (secondary N) is 1. The molecule has 1 aromatic carbocycles. The molecule has 0 aliphatic carbocycles. The number of rotatable bonds is 1. The molecular weight excluding hydrogens is 213 g/mol. The van der Waals surface area contributed by atoms with Crippen molar-refractivity contribution >= 4 is 17.7 Å². The Morgan fingerprint density at radius 1 is 1.40 bits per heavy atom. The molecule has 0 saturated carbocycles. The Morgan fingerprint density at radius 3 is 2.93 bits per heavy atom. The van der Waals surface area contributed by atoms with E-state index in [-0.39, 0.29) is 5.82 Å². The summed E-state index contributed by atoms with van der Waals surface area (Å²) in [6, 6.07) is 4.79. The largest absolute Gasteiger partial charge is 0.313 e. The monoisotopic (exact) mass is 225 g/mol. The average molecular weight is 226 g/mol. The first kappa shape index (κ1) is 10.7. The molecule has 15 heavy (non-hydrogen) atoms. The molecule has 1 saturated heterocycles. The summed E-state index contributed by atoms with van der Waals surface area (Å²) in [5, 5.41) is 3.71. The van der Waals surface area contributed by atoms with Gasteiger partial charge in [0, 0.05) is 17.1 Å². The zero-order chi connectivity index (χ0) is 10.7. The molecule has 1 aromatic rings. The topological polar surface area (TPSA) is 12.0 Å². The van der Waals surface area contributed by atoms with Crippen molar-refractivity contribution in [1.82, 2.24) is 5.32 Å². The van der Waals surface area contributed by atoms with Gasteiger partial charge < -0.3 is 5.32 Å². The lowest BCUT2D eigenvalue weighted by atomic mass is 10.0. The maximum absolute atomic E-state index is 13.5. The second-order valence-corrected chi connectivity index (χ2v) is 4.19. The minimum Gasteiger partial charge on any atom is -0.313 e. The van der Waals surface area contributed by atoms with Crippen molar-refractivity contribution in [2.24, 2.45) is 0 Å². The Bertz CT molecular complexity index is 379. The van der Waals surface area contributed by atoms with E-state index in [0.29, 0.717) is 10.6 Å². The summed E-state index contributed by atoms with van der Waals surface area (Å²) in [6.45, 7) is 1.92. The number of piperidine rings is 1. The highest BCUT2D eigenvalue weighted by Crippen LogP contribution is 2.19. The van der Waals surface area contributed by atoms with E-state index in [0.717, 1.165) is 25.9 Å². The van der Waals surface area contributed by atoms with E-state index < -0.39 is 0 Å². The van der Waals surface area contributed by atoms with E-state index in [4.69, 9.17) is 11.6 Å². The normalized spacial score (nSPS) is 19.5. The van der Waals surface area contributed by atoms with Crippen LogP contribution in [0.15, 0.2) is 23.8 Å². The second-order valence-electron chi connectivity index (χ2n) is 3.75. The Morgan fingerprint density at radius 2 is 2.27 bits per heavy atom. The zero-order valence-corrected chi connectivity index (χ0v) is 9.15. The maximum Gasteiger partial charge on any atom is 0.131 e. The van der Waals surface area contributed by atoms with E-state index in [2.05, 4.69) is 5.32 Å². The zero-order valence-electron chi connectivity index (χ0n) is 8.39. The highest BCUT2D eigenvalue weighted by atomic mass is 35.5. The van der Waals surface area contributed by atoms with Gasteiger partial charge in [0.25, 0.3) is 0 Å². The van der Waals surface area contributed by atoms with Crippen LogP contribution >= 0.6 is 11.6 Å². The lowest BCUT2D eigenvalue weighted by molar-refractivity contribution is 0.609. The number of benzene rings is 1. The Balaban J connectivity index is 2.22. The molecule has 0 radical (unpaired) electrons. The molecular formula is C12H13ClFN. The molecule has 80 valence electrons. The first-order chi connectivity index (χ1) is 7.25. The van der Waals surface area contributed by atoms with Crippen molar-refractivity contribution in [3.05, 3.63) is 40.2 Å². The van der Waals surface area contributed by atoms with Crippen molar-refractivity contribution in [2.75, 3.05) is 13.1 Å². The van der Waals surface area contributed by atoms with Crippen molar-refractivity contribution in [3.8, 4) is 0 Å². The summed E-state index contributed by atoms with van der Waals surface area (Å²) in [6.07, 6.45) is 4.09. The number of halogens is 2. The molecule has 0 bridgehead atoms. The third-order valence-corrected chi connectivity index (χ3v) is 2.76. The van der Waals surface area contributed by atoms with Gasteiger partial charge in [0.2, 0.25) is 0 Å². The Labute approximate surface area is 93.9 Å². The molecule has 1 fully saturated rings. The molecule has 1 nitrogen and oxygen atoms in total. The average Bonchev–Trinajstić information content (AvgIpc) is 2.24. The van der Waals surface area contributed by atoms with Gasteiger partial charge in [0.05, 0.1) is 0 Å². The molecule has 0 amide bonds. The van der Waals surface area contributed by atoms with Crippen molar-refractivity contribution in [3.63, 3.8) is 0 Å². The van der Waals surface area contributed by atoms with E-state index in [1.165, 1.54) is 11.6 Å². The van der Waals surface area contributed by atoms with Crippen LogP contribution in [0.1, 0.15) is 18.4 Å². The van der Waals surface area contributed by atoms with Gasteiger partial charge in [-0.2, -0.15) is 0 Å². The summed E-state index contributed by atoms with van der Waals surface area (Å²) in [7, 11) is 0. The lowest BCUT2D eigenvalue weighted by Gasteiger charge is -2.15. The number of hydrogen-bond donors (Lipinski definition) is 1. The van der Waals surface area contributed by atoms with Crippen LogP contribution in [-0.2, 0) is 0 Å². The minimum atomic E-state index is -0.249. The molecule has 1 aliphatic heterocycles. The highest BCUT2D eigenvalue weighted by molar-refractivity contribution is 6.30. The van der Waals surface area contributed by atoms with Crippen LogP contribution < -0.4 is 5.32 Å². The third-order valence-electron chi connectivity index (χ3n) is 2.53. The molecule has 0 unspecified atom stereocenters. The SMILES string of the molecule is Fc1cc(Cl)ccc1/C=C1/CCCNC1. The molecule has 0 spiro atoms. The lowest BCUT2D eigenvalue weighted by Crippen LogP contribution is -2.23. The molecule has 2 rings (SSSR count).